The number of aromatic nitrogens is 5. The first-order chi connectivity index (χ1) is 29.9. The van der Waals surface area contributed by atoms with Crippen molar-refractivity contribution in [2.24, 2.45) is 7.05 Å². The van der Waals surface area contributed by atoms with Crippen LogP contribution in [-0.2, 0) is 32.8 Å². The summed E-state index contributed by atoms with van der Waals surface area (Å²) in [7, 11) is 7.03. The highest BCUT2D eigenvalue weighted by Gasteiger charge is 2.32. The fourth-order valence-electron chi connectivity index (χ4n) is 8.64. The van der Waals surface area contributed by atoms with Crippen molar-refractivity contribution < 1.29 is 28.4 Å². The van der Waals surface area contributed by atoms with Crippen LogP contribution < -0.4 is 15.9 Å². The van der Waals surface area contributed by atoms with Gasteiger partial charge in [0.1, 0.15) is 6.04 Å². The maximum atomic E-state index is 13.4. The first-order valence-corrected chi connectivity index (χ1v) is 21.0. The summed E-state index contributed by atoms with van der Waals surface area (Å²) >= 11 is 0. The van der Waals surface area contributed by atoms with Crippen LogP contribution >= 0.6 is 0 Å². The van der Waals surface area contributed by atoms with Crippen LogP contribution in [0.3, 0.4) is 0 Å². The second-order valence-corrected chi connectivity index (χ2v) is 16.4. The van der Waals surface area contributed by atoms with Gasteiger partial charge in [-0.1, -0.05) is 23.1 Å². The number of nitrogens with zero attached hydrogens (tertiary/aromatic N) is 9. The maximum Gasteiger partial charge on any atom is 0.329 e. The van der Waals surface area contributed by atoms with Crippen LogP contribution in [-0.4, -0.2) is 122 Å². The molecule has 2 saturated heterocycles. The summed E-state index contributed by atoms with van der Waals surface area (Å²) in [6, 6.07) is 10.8. The van der Waals surface area contributed by atoms with E-state index in [2.05, 4.69) is 38.4 Å². The molecule has 1 atom stereocenters. The van der Waals surface area contributed by atoms with Gasteiger partial charge in [-0.25, -0.2) is 4.79 Å². The number of imidazole rings is 1. The van der Waals surface area contributed by atoms with Crippen molar-refractivity contribution in [3.8, 4) is 11.8 Å². The van der Waals surface area contributed by atoms with E-state index in [-0.39, 0.29) is 60.4 Å². The minimum Gasteiger partial charge on any atom is -0.450 e. The summed E-state index contributed by atoms with van der Waals surface area (Å²) in [6.07, 6.45) is 9.04. The molecular weight excluding hydrogens is 793 g/mol. The number of piperidine rings is 2. The summed E-state index contributed by atoms with van der Waals surface area (Å²) in [5, 5.41) is 10.8. The number of hydrogen-bond acceptors (Lipinski definition) is 10. The van der Waals surface area contributed by atoms with Gasteiger partial charge >= 0.3 is 5.69 Å². The summed E-state index contributed by atoms with van der Waals surface area (Å²) in [6.45, 7) is 2.70. The smallest absolute Gasteiger partial charge is 0.329 e. The van der Waals surface area contributed by atoms with Gasteiger partial charge in [-0.15, -0.1) is 5.10 Å². The molecule has 3 aliphatic heterocycles. The normalized spacial score (nSPS) is 17.2. The number of furan rings is 1. The summed E-state index contributed by atoms with van der Waals surface area (Å²) in [4.78, 5) is 84.5. The third-order valence-corrected chi connectivity index (χ3v) is 12.2. The van der Waals surface area contributed by atoms with Gasteiger partial charge in [0.25, 0.3) is 5.91 Å². The SMILES string of the molecule is CN(C)C(=O)c1cc2cc(C3=CCCN(C(=O)CCn4ccnn4)C3)cc(C#CCCC(=O)N3CCC(N(C)c4ccc5c(c4)n(C)c(=O)n5C4CCC(=O)NC4=O)CC3)c2o1. The fraction of sp³-hybridized carbons (Fsp3) is 0.422. The molecule has 2 aromatic carbocycles. The van der Waals surface area contributed by atoms with Crippen molar-refractivity contribution in [2.45, 2.75) is 70.0 Å². The zero-order valence-electron chi connectivity index (χ0n) is 35.4. The van der Waals surface area contributed by atoms with Gasteiger partial charge in [0, 0.05) is 103 Å². The first kappa shape index (κ1) is 41.8. The van der Waals surface area contributed by atoms with Crippen LogP contribution in [0, 0.1) is 11.8 Å². The number of imide groups is 1. The lowest BCUT2D eigenvalue weighted by atomic mass is 9.97. The molecule has 0 radical (unpaired) electrons. The Kier molecular flexibility index (Phi) is 11.8. The van der Waals surface area contributed by atoms with Gasteiger partial charge < -0.3 is 24.0 Å². The van der Waals surface area contributed by atoms with Crippen LogP contribution in [0.4, 0.5) is 5.69 Å². The van der Waals surface area contributed by atoms with Crippen molar-refractivity contribution in [2.75, 3.05) is 52.2 Å². The Labute approximate surface area is 357 Å². The predicted molar refractivity (Wildman–Crippen MR) is 231 cm³/mol. The summed E-state index contributed by atoms with van der Waals surface area (Å²) in [5.41, 5.74) is 4.91. The number of anilines is 1. The van der Waals surface area contributed by atoms with E-state index in [9.17, 15) is 28.8 Å². The predicted octanol–water partition coefficient (Wildman–Crippen LogP) is 3.32. The van der Waals surface area contributed by atoms with E-state index >= 15 is 0 Å². The topological polar surface area (TPSA) is 181 Å². The molecule has 0 aliphatic carbocycles. The average Bonchev–Trinajstić information content (AvgIpc) is 4.02. The molecule has 17 heteroatoms. The number of fused-ring (bicyclic) bond motifs is 2. The van der Waals surface area contributed by atoms with E-state index in [1.54, 1.807) is 44.3 Å². The third kappa shape index (κ3) is 8.49. The van der Waals surface area contributed by atoms with E-state index in [0.29, 0.717) is 74.2 Å². The number of carbonyl (C=O) groups is 5. The molecule has 0 saturated carbocycles. The number of likely N-dealkylation sites (tertiary alicyclic amines) is 1. The second kappa shape index (κ2) is 17.6. The monoisotopic (exact) mass is 842 g/mol. The fourth-order valence-corrected chi connectivity index (χ4v) is 8.64. The molecule has 62 heavy (non-hydrogen) atoms. The minimum atomic E-state index is -0.745. The number of carbonyl (C=O) groups excluding carboxylic acids is 5. The Morgan fingerprint density at radius 1 is 0.935 bits per heavy atom. The van der Waals surface area contributed by atoms with Gasteiger partial charge in [-0.05, 0) is 73.2 Å². The molecule has 8 rings (SSSR count). The van der Waals surface area contributed by atoms with Crippen molar-refractivity contribution in [1.29, 1.82) is 0 Å². The summed E-state index contributed by atoms with van der Waals surface area (Å²) in [5.74, 6) is 5.62. The number of amides is 5. The Hall–Kier alpha value is -6.96. The highest BCUT2D eigenvalue weighted by molar-refractivity contribution is 6.00. The van der Waals surface area contributed by atoms with Gasteiger partial charge in [0.15, 0.2) is 11.3 Å². The number of rotatable bonds is 10. The van der Waals surface area contributed by atoms with Crippen LogP contribution in [0.1, 0.15) is 79.1 Å². The van der Waals surface area contributed by atoms with Gasteiger partial charge in [-0.2, -0.15) is 0 Å². The van der Waals surface area contributed by atoms with E-state index in [1.807, 2.05) is 47.2 Å². The molecule has 17 nitrogen and oxygen atoms in total. The average molecular weight is 843 g/mol. The zero-order chi connectivity index (χ0) is 43.7. The molecule has 0 bridgehead atoms. The minimum absolute atomic E-state index is 0.0303. The largest absolute Gasteiger partial charge is 0.450 e. The Balaban J connectivity index is 0.904. The number of aryl methyl sites for hydroxylation is 2. The number of hydrogen-bond donors (Lipinski definition) is 1. The molecular formula is C45H50N10O7. The lowest BCUT2D eigenvalue weighted by Gasteiger charge is -2.38. The van der Waals surface area contributed by atoms with E-state index in [1.165, 1.54) is 14.0 Å². The Bertz CT molecular complexity index is 2720. The van der Waals surface area contributed by atoms with Crippen LogP contribution in [0.15, 0.2) is 64.1 Å². The Morgan fingerprint density at radius 2 is 1.73 bits per heavy atom. The van der Waals surface area contributed by atoms with E-state index in [4.69, 9.17) is 4.42 Å². The van der Waals surface area contributed by atoms with Crippen molar-refractivity contribution in [3.63, 3.8) is 0 Å². The Morgan fingerprint density at radius 3 is 2.47 bits per heavy atom. The van der Waals surface area contributed by atoms with Gasteiger partial charge in [0.2, 0.25) is 23.6 Å². The maximum absolute atomic E-state index is 13.4. The number of nitrogens with one attached hydrogen (secondary N) is 1. The molecule has 0 spiro atoms. The molecule has 1 N–H and O–H groups in total. The van der Waals surface area contributed by atoms with Crippen molar-refractivity contribution >= 4 is 62.8 Å². The highest BCUT2D eigenvalue weighted by atomic mass is 16.3. The van der Waals surface area contributed by atoms with Gasteiger partial charge in [0.05, 0.1) is 29.3 Å². The standard InChI is InChI=1S/C45H50N10O7/c1-49(2)44(60)38-26-32-25-31(30-9-7-19-53(28-30)41(58)17-22-54-23-18-46-48-54)24-29(42(32)62-38)8-5-6-10-40(57)52-20-15-33(16-21-52)50(3)34-11-12-35-37(27-34)51(4)45(61)55(35)36-13-14-39(56)47-43(36)59/h9,11-12,18,23-27,33,36H,6-7,10,13-17,19-22,28H2,1-4H3,(H,47,56,59). The first-order valence-electron chi connectivity index (χ1n) is 21.0. The quantitative estimate of drug-likeness (QED) is 0.162. The van der Waals surface area contributed by atoms with Crippen molar-refractivity contribution in [1.82, 2.24) is 44.1 Å². The van der Waals surface area contributed by atoms with Crippen molar-refractivity contribution in [3.05, 3.63) is 82.2 Å². The molecule has 322 valence electrons. The summed E-state index contributed by atoms with van der Waals surface area (Å²) < 4.78 is 10.7. The lowest BCUT2D eigenvalue weighted by molar-refractivity contribution is -0.136. The van der Waals surface area contributed by atoms with Crippen LogP contribution in [0.5, 0.6) is 0 Å². The molecule has 3 aromatic heterocycles. The third-order valence-electron chi connectivity index (χ3n) is 12.2. The molecule has 2 fully saturated rings. The van der Waals surface area contributed by atoms with E-state index < -0.39 is 11.9 Å². The van der Waals surface area contributed by atoms with Crippen LogP contribution in [0.2, 0.25) is 0 Å². The van der Waals surface area contributed by atoms with Crippen LogP contribution in [0.25, 0.3) is 27.6 Å². The zero-order valence-corrected chi connectivity index (χ0v) is 35.4. The molecule has 6 heterocycles. The highest BCUT2D eigenvalue weighted by Crippen LogP contribution is 2.32. The van der Waals surface area contributed by atoms with Gasteiger partial charge in [-0.3, -0.25) is 43.1 Å². The molecule has 5 aromatic rings. The second-order valence-electron chi connectivity index (χ2n) is 16.4. The molecule has 1 unspecified atom stereocenters. The molecule has 3 aliphatic rings. The van der Waals surface area contributed by atoms with E-state index in [0.717, 1.165) is 35.1 Å². The molecule has 5 amide bonds. The number of benzene rings is 2. The lowest BCUT2D eigenvalue weighted by Crippen LogP contribution is -2.45.